The number of guanidine groups is 1. The van der Waals surface area contributed by atoms with Crippen molar-refractivity contribution in [2.75, 3.05) is 19.3 Å². The minimum atomic E-state index is 0.644. The molecule has 0 bridgehead atoms. The highest BCUT2D eigenvalue weighted by molar-refractivity contribution is 8.00. The highest BCUT2D eigenvalue weighted by Gasteiger charge is 2.15. The van der Waals surface area contributed by atoms with Crippen LogP contribution in [-0.4, -0.2) is 45.3 Å². The molecule has 1 unspecified atom stereocenters. The third kappa shape index (κ3) is 4.12. The normalized spacial score (nSPS) is 19.7. The summed E-state index contributed by atoms with van der Waals surface area (Å²) in [6.07, 6.45) is 4.39. The molecule has 0 saturated carbocycles. The topological polar surface area (TPSA) is 67.1 Å². The van der Waals surface area contributed by atoms with Crippen molar-refractivity contribution in [3.63, 3.8) is 0 Å². The predicted molar refractivity (Wildman–Crippen MR) is 79.4 cm³/mol. The number of hydrogen-bond donors (Lipinski definition) is 2. The standard InChI is InChI=1S/C12H22N6S/c1-3-18-9-16-17-11(18)8-15-12(13-2)14-7-10-5-4-6-19-10/h9-10H,3-8H2,1-2H3,(H2,13,14,15). The van der Waals surface area contributed by atoms with Crippen molar-refractivity contribution >= 4 is 17.7 Å². The molecule has 1 saturated heterocycles. The Kier molecular flexibility index (Phi) is 5.50. The van der Waals surface area contributed by atoms with Crippen LogP contribution in [0.4, 0.5) is 0 Å². The number of hydrogen-bond acceptors (Lipinski definition) is 4. The number of nitrogens with one attached hydrogen (secondary N) is 2. The average Bonchev–Trinajstić information content (AvgIpc) is 3.09. The maximum Gasteiger partial charge on any atom is 0.191 e. The van der Waals surface area contributed by atoms with Crippen LogP contribution in [0.25, 0.3) is 0 Å². The molecule has 1 aliphatic rings. The molecule has 2 heterocycles. The van der Waals surface area contributed by atoms with Gasteiger partial charge in [0, 0.05) is 25.4 Å². The first-order chi connectivity index (χ1) is 9.33. The molecule has 6 nitrogen and oxygen atoms in total. The summed E-state index contributed by atoms with van der Waals surface area (Å²) in [5, 5.41) is 15.4. The Balaban J connectivity index is 1.76. The van der Waals surface area contributed by atoms with Crippen molar-refractivity contribution in [1.29, 1.82) is 0 Å². The van der Waals surface area contributed by atoms with Crippen molar-refractivity contribution < 1.29 is 0 Å². The minimum absolute atomic E-state index is 0.644. The Morgan fingerprint density at radius 1 is 1.58 bits per heavy atom. The van der Waals surface area contributed by atoms with Gasteiger partial charge < -0.3 is 15.2 Å². The Hall–Kier alpha value is -1.24. The molecular formula is C12H22N6S. The van der Waals surface area contributed by atoms with Crippen LogP contribution in [0.1, 0.15) is 25.6 Å². The van der Waals surface area contributed by atoms with E-state index in [0.717, 1.165) is 30.1 Å². The molecule has 0 aromatic carbocycles. The van der Waals surface area contributed by atoms with E-state index in [-0.39, 0.29) is 0 Å². The highest BCUT2D eigenvalue weighted by Crippen LogP contribution is 2.25. The molecule has 0 amide bonds. The van der Waals surface area contributed by atoms with Gasteiger partial charge in [-0.15, -0.1) is 10.2 Å². The number of aromatic nitrogens is 3. The van der Waals surface area contributed by atoms with Crippen LogP contribution < -0.4 is 10.6 Å². The van der Waals surface area contributed by atoms with E-state index in [0.29, 0.717) is 6.54 Å². The molecule has 1 aromatic rings. The number of aryl methyl sites for hydroxylation is 1. The monoisotopic (exact) mass is 282 g/mol. The van der Waals surface area contributed by atoms with Gasteiger partial charge in [-0.05, 0) is 25.5 Å². The zero-order chi connectivity index (χ0) is 13.5. The third-order valence-electron chi connectivity index (χ3n) is 3.20. The highest BCUT2D eigenvalue weighted by atomic mass is 32.2. The van der Waals surface area contributed by atoms with Gasteiger partial charge >= 0.3 is 0 Å². The average molecular weight is 282 g/mol. The second-order valence-corrected chi connectivity index (χ2v) is 5.88. The lowest BCUT2D eigenvalue weighted by molar-refractivity contribution is 0.665. The summed E-state index contributed by atoms with van der Waals surface area (Å²) in [6.45, 7) is 4.59. The number of aliphatic imine (C=N–C) groups is 1. The first kappa shape index (κ1) is 14.2. The van der Waals surface area contributed by atoms with E-state index in [1.165, 1.54) is 18.6 Å². The zero-order valence-electron chi connectivity index (χ0n) is 11.6. The zero-order valence-corrected chi connectivity index (χ0v) is 12.4. The maximum atomic E-state index is 4.23. The van der Waals surface area contributed by atoms with E-state index in [9.17, 15) is 0 Å². The second kappa shape index (κ2) is 7.37. The summed E-state index contributed by atoms with van der Waals surface area (Å²) in [5.74, 6) is 3.05. The Morgan fingerprint density at radius 3 is 3.16 bits per heavy atom. The molecule has 2 rings (SSSR count). The van der Waals surface area contributed by atoms with Gasteiger partial charge in [0.05, 0.1) is 6.54 Å². The van der Waals surface area contributed by atoms with Crippen molar-refractivity contribution in [1.82, 2.24) is 25.4 Å². The summed E-state index contributed by atoms with van der Waals surface area (Å²) in [6, 6.07) is 0. The molecule has 7 heteroatoms. The first-order valence-electron chi connectivity index (χ1n) is 6.76. The molecule has 2 N–H and O–H groups in total. The summed E-state index contributed by atoms with van der Waals surface area (Å²) in [7, 11) is 1.79. The Bertz CT molecular complexity index is 410. The molecular weight excluding hydrogens is 260 g/mol. The lowest BCUT2D eigenvalue weighted by Crippen LogP contribution is -2.40. The first-order valence-corrected chi connectivity index (χ1v) is 7.81. The van der Waals surface area contributed by atoms with Crippen LogP contribution >= 0.6 is 11.8 Å². The Morgan fingerprint density at radius 2 is 2.47 bits per heavy atom. The molecule has 1 fully saturated rings. The van der Waals surface area contributed by atoms with Crippen LogP contribution in [0.15, 0.2) is 11.3 Å². The lowest BCUT2D eigenvalue weighted by atomic mass is 10.2. The van der Waals surface area contributed by atoms with Crippen LogP contribution in [0, 0.1) is 0 Å². The van der Waals surface area contributed by atoms with Crippen LogP contribution in [0.2, 0.25) is 0 Å². The number of nitrogens with zero attached hydrogens (tertiary/aromatic N) is 4. The fourth-order valence-corrected chi connectivity index (χ4v) is 3.28. The molecule has 19 heavy (non-hydrogen) atoms. The van der Waals surface area contributed by atoms with Crippen molar-refractivity contribution in [3.8, 4) is 0 Å². The SMILES string of the molecule is CCn1cnnc1CNC(=NC)NCC1CCCS1. The van der Waals surface area contributed by atoms with Crippen molar-refractivity contribution in [3.05, 3.63) is 12.2 Å². The van der Waals surface area contributed by atoms with Gasteiger partial charge in [-0.3, -0.25) is 4.99 Å². The van der Waals surface area contributed by atoms with E-state index >= 15 is 0 Å². The number of rotatable bonds is 5. The van der Waals surface area contributed by atoms with E-state index in [1.54, 1.807) is 13.4 Å². The predicted octanol–water partition coefficient (Wildman–Crippen LogP) is 0.859. The molecule has 0 aliphatic carbocycles. The summed E-state index contributed by atoms with van der Waals surface area (Å²) in [5.41, 5.74) is 0. The van der Waals surface area contributed by atoms with Gasteiger partial charge in [0.15, 0.2) is 11.8 Å². The fraction of sp³-hybridized carbons (Fsp3) is 0.750. The molecule has 1 aromatic heterocycles. The molecule has 106 valence electrons. The maximum absolute atomic E-state index is 4.23. The Labute approximate surface area is 118 Å². The van der Waals surface area contributed by atoms with Gasteiger partial charge in [0.2, 0.25) is 0 Å². The molecule has 0 radical (unpaired) electrons. The summed E-state index contributed by atoms with van der Waals surface area (Å²) < 4.78 is 2.02. The van der Waals surface area contributed by atoms with E-state index in [1.807, 2.05) is 16.3 Å². The molecule has 1 aliphatic heterocycles. The smallest absolute Gasteiger partial charge is 0.191 e. The quantitative estimate of drug-likeness (QED) is 0.619. The van der Waals surface area contributed by atoms with Gasteiger partial charge in [0.25, 0.3) is 0 Å². The van der Waals surface area contributed by atoms with E-state index in [4.69, 9.17) is 0 Å². The lowest BCUT2D eigenvalue weighted by Gasteiger charge is -2.14. The van der Waals surface area contributed by atoms with E-state index in [2.05, 4.69) is 32.7 Å². The van der Waals surface area contributed by atoms with Gasteiger partial charge in [-0.1, -0.05) is 0 Å². The molecule has 1 atom stereocenters. The van der Waals surface area contributed by atoms with Gasteiger partial charge in [-0.2, -0.15) is 11.8 Å². The van der Waals surface area contributed by atoms with Crippen molar-refractivity contribution in [2.45, 2.75) is 38.1 Å². The van der Waals surface area contributed by atoms with Crippen molar-refractivity contribution in [2.24, 2.45) is 4.99 Å². The van der Waals surface area contributed by atoms with E-state index < -0.39 is 0 Å². The summed E-state index contributed by atoms with van der Waals surface area (Å²) >= 11 is 2.05. The third-order valence-corrected chi connectivity index (χ3v) is 4.59. The van der Waals surface area contributed by atoms with Crippen LogP contribution in [0.5, 0.6) is 0 Å². The second-order valence-electron chi connectivity index (χ2n) is 4.47. The van der Waals surface area contributed by atoms with Crippen LogP contribution in [0.3, 0.4) is 0 Å². The minimum Gasteiger partial charge on any atom is -0.355 e. The molecule has 0 spiro atoms. The number of thioether (sulfide) groups is 1. The largest absolute Gasteiger partial charge is 0.355 e. The van der Waals surface area contributed by atoms with Gasteiger partial charge in [-0.25, -0.2) is 0 Å². The van der Waals surface area contributed by atoms with Gasteiger partial charge in [0.1, 0.15) is 6.33 Å². The summed E-state index contributed by atoms with van der Waals surface area (Å²) in [4.78, 5) is 4.23. The van der Waals surface area contributed by atoms with Crippen LogP contribution in [-0.2, 0) is 13.1 Å². The fourth-order valence-electron chi connectivity index (χ4n) is 2.08.